The molecule has 158 valence electrons. The Hall–Kier alpha value is -2.37. The second-order valence-electron chi connectivity index (χ2n) is 8.58. The minimum atomic E-state index is -0.532. The Labute approximate surface area is 173 Å². The van der Waals surface area contributed by atoms with Crippen LogP contribution in [0.4, 0.5) is 5.69 Å². The fourth-order valence-electron chi connectivity index (χ4n) is 4.40. The Bertz CT molecular complexity index is 713. The van der Waals surface area contributed by atoms with Crippen LogP contribution in [0.15, 0.2) is 30.3 Å². The molecule has 1 saturated carbocycles. The van der Waals surface area contributed by atoms with E-state index in [2.05, 4.69) is 10.6 Å². The molecular weight excluding hydrogens is 366 g/mol. The number of likely N-dealkylation sites (tertiary alicyclic amines) is 1. The van der Waals surface area contributed by atoms with E-state index < -0.39 is 12.1 Å². The van der Waals surface area contributed by atoms with E-state index in [1.54, 1.807) is 4.90 Å². The number of carbonyl (C=O) groups excluding carboxylic acids is 3. The van der Waals surface area contributed by atoms with Gasteiger partial charge in [-0.05, 0) is 43.7 Å². The molecule has 29 heavy (non-hydrogen) atoms. The van der Waals surface area contributed by atoms with E-state index in [9.17, 15) is 14.4 Å². The van der Waals surface area contributed by atoms with Crippen molar-refractivity contribution in [3.05, 3.63) is 30.3 Å². The molecule has 2 unspecified atom stereocenters. The summed E-state index contributed by atoms with van der Waals surface area (Å²) in [6, 6.07) is 8.30. The molecule has 1 saturated heterocycles. The SMILES string of the molecule is CC(C)C(=O)NC(C(=O)N1CCCC1C(=O)Nc1ccccc1)C1CCCCC1. The topological polar surface area (TPSA) is 78.5 Å². The van der Waals surface area contributed by atoms with Gasteiger partial charge in [0.1, 0.15) is 12.1 Å². The van der Waals surface area contributed by atoms with Crippen molar-refractivity contribution in [2.75, 3.05) is 11.9 Å². The Morgan fingerprint density at radius 2 is 1.66 bits per heavy atom. The summed E-state index contributed by atoms with van der Waals surface area (Å²) in [5.41, 5.74) is 0.730. The van der Waals surface area contributed by atoms with Crippen LogP contribution in [-0.2, 0) is 14.4 Å². The zero-order valence-corrected chi connectivity index (χ0v) is 17.5. The first-order chi connectivity index (χ1) is 14.0. The highest BCUT2D eigenvalue weighted by Gasteiger charge is 2.40. The van der Waals surface area contributed by atoms with Crippen LogP contribution < -0.4 is 10.6 Å². The van der Waals surface area contributed by atoms with Gasteiger partial charge in [-0.2, -0.15) is 0 Å². The molecule has 3 amide bonds. The lowest BCUT2D eigenvalue weighted by atomic mass is 9.83. The van der Waals surface area contributed by atoms with Crippen LogP contribution >= 0.6 is 0 Å². The molecule has 1 aliphatic carbocycles. The van der Waals surface area contributed by atoms with E-state index in [0.29, 0.717) is 13.0 Å². The first-order valence-corrected chi connectivity index (χ1v) is 10.9. The third kappa shape index (κ3) is 5.37. The van der Waals surface area contributed by atoms with Crippen LogP contribution in [0.3, 0.4) is 0 Å². The summed E-state index contributed by atoms with van der Waals surface area (Å²) in [4.78, 5) is 40.5. The monoisotopic (exact) mass is 399 g/mol. The van der Waals surface area contributed by atoms with Crippen molar-refractivity contribution in [2.45, 2.75) is 70.9 Å². The number of carbonyl (C=O) groups is 3. The largest absolute Gasteiger partial charge is 0.344 e. The zero-order valence-electron chi connectivity index (χ0n) is 17.5. The minimum Gasteiger partial charge on any atom is -0.344 e. The first kappa shape index (κ1) is 21.3. The smallest absolute Gasteiger partial charge is 0.247 e. The molecule has 0 spiro atoms. The molecular formula is C23H33N3O3. The maximum absolute atomic E-state index is 13.5. The van der Waals surface area contributed by atoms with Gasteiger partial charge in [-0.1, -0.05) is 51.3 Å². The lowest BCUT2D eigenvalue weighted by molar-refractivity contribution is -0.142. The fraction of sp³-hybridized carbons (Fsp3) is 0.609. The molecule has 2 N–H and O–H groups in total. The predicted octanol–water partition coefficient (Wildman–Crippen LogP) is 3.34. The van der Waals surface area contributed by atoms with Gasteiger partial charge < -0.3 is 15.5 Å². The van der Waals surface area contributed by atoms with Gasteiger partial charge in [0, 0.05) is 18.2 Å². The highest BCUT2D eigenvalue weighted by Crippen LogP contribution is 2.29. The van der Waals surface area contributed by atoms with Gasteiger partial charge in [-0.3, -0.25) is 14.4 Å². The molecule has 2 fully saturated rings. The predicted molar refractivity (Wildman–Crippen MR) is 113 cm³/mol. The number of benzene rings is 1. The average molecular weight is 400 g/mol. The van der Waals surface area contributed by atoms with E-state index in [1.807, 2.05) is 44.2 Å². The average Bonchev–Trinajstić information content (AvgIpc) is 3.22. The number of nitrogens with one attached hydrogen (secondary N) is 2. The summed E-state index contributed by atoms with van der Waals surface area (Å²) in [5, 5.41) is 5.94. The Balaban J connectivity index is 1.74. The maximum atomic E-state index is 13.5. The molecule has 1 heterocycles. The number of rotatable bonds is 6. The van der Waals surface area contributed by atoms with Gasteiger partial charge in [0.25, 0.3) is 0 Å². The van der Waals surface area contributed by atoms with Gasteiger partial charge in [0.05, 0.1) is 0 Å². The van der Waals surface area contributed by atoms with Gasteiger partial charge in [-0.25, -0.2) is 0 Å². The van der Waals surface area contributed by atoms with Crippen LogP contribution in [0.1, 0.15) is 58.8 Å². The third-order valence-electron chi connectivity index (χ3n) is 6.09. The summed E-state index contributed by atoms with van der Waals surface area (Å²) in [6.45, 7) is 4.24. The van der Waals surface area contributed by atoms with Crippen molar-refractivity contribution in [1.29, 1.82) is 0 Å². The summed E-state index contributed by atoms with van der Waals surface area (Å²) < 4.78 is 0. The van der Waals surface area contributed by atoms with Gasteiger partial charge in [-0.15, -0.1) is 0 Å². The van der Waals surface area contributed by atoms with Crippen LogP contribution in [-0.4, -0.2) is 41.2 Å². The molecule has 0 aromatic heterocycles. The normalized spacial score (nSPS) is 21.1. The zero-order chi connectivity index (χ0) is 20.8. The number of nitrogens with zero attached hydrogens (tertiary/aromatic N) is 1. The second kappa shape index (κ2) is 9.90. The molecule has 0 radical (unpaired) electrons. The van der Waals surface area contributed by atoms with Crippen molar-refractivity contribution in [2.24, 2.45) is 11.8 Å². The molecule has 1 aliphatic heterocycles. The number of amides is 3. The van der Waals surface area contributed by atoms with Crippen molar-refractivity contribution in [1.82, 2.24) is 10.2 Å². The van der Waals surface area contributed by atoms with Crippen molar-refractivity contribution in [3.63, 3.8) is 0 Å². The highest BCUT2D eigenvalue weighted by atomic mass is 16.2. The summed E-state index contributed by atoms with van der Waals surface area (Å²) in [7, 11) is 0. The minimum absolute atomic E-state index is 0.0987. The molecule has 3 rings (SSSR count). The summed E-state index contributed by atoms with van der Waals surface area (Å²) in [6.07, 6.45) is 6.70. The van der Waals surface area contributed by atoms with Crippen molar-refractivity contribution < 1.29 is 14.4 Å². The Morgan fingerprint density at radius 3 is 2.31 bits per heavy atom. The van der Waals surface area contributed by atoms with E-state index in [4.69, 9.17) is 0 Å². The Morgan fingerprint density at radius 1 is 0.966 bits per heavy atom. The lowest BCUT2D eigenvalue weighted by Crippen LogP contribution is -2.56. The Kier molecular flexibility index (Phi) is 7.29. The van der Waals surface area contributed by atoms with Gasteiger partial charge >= 0.3 is 0 Å². The fourth-order valence-corrected chi connectivity index (χ4v) is 4.40. The summed E-state index contributed by atoms with van der Waals surface area (Å²) >= 11 is 0. The summed E-state index contributed by atoms with van der Waals surface area (Å²) in [5.74, 6) is -0.378. The van der Waals surface area contributed by atoms with Gasteiger partial charge in [0.2, 0.25) is 17.7 Å². The maximum Gasteiger partial charge on any atom is 0.247 e. The van der Waals surface area contributed by atoms with Crippen LogP contribution in [0.2, 0.25) is 0 Å². The van der Waals surface area contributed by atoms with E-state index >= 15 is 0 Å². The molecule has 6 nitrogen and oxygen atoms in total. The second-order valence-corrected chi connectivity index (χ2v) is 8.58. The molecule has 0 bridgehead atoms. The van der Waals surface area contributed by atoms with Crippen molar-refractivity contribution >= 4 is 23.4 Å². The van der Waals surface area contributed by atoms with Gasteiger partial charge in [0.15, 0.2) is 0 Å². The number of hydrogen-bond donors (Lipinski definition) is 2. The van der Waals surface area contributed by atoms with Crippen LogP contribution in [0.5, 0.6) is 0 Å². The highest BCUT2D eigenvalue weighted by molar-refractivity contribution is 5.99. The van der Waals surface area contributed by atoms with E-state index in [0.717, 1.165) is 37.8 Å². The molecule has 2 aliphatic rings. The van der Waals surface area contributed by atoms with Crippen molar-refractivity contribution in [3.8, 4) is 0 Å². The molecule has 1 aromatic carbocycles. The van der Waals surface area contributed by atoms with E-state index in [1.165, 1.54) is 6.42 Å². The van der Waals surface area contributed by atoms with E-state index in [-0.39, 0.29) is 29.6 Å². The number of para-hydroxylation sites is 1. The number of hydrogen-bond acceptors (Lipinski definition) is 3. The quantitative estimate of drug-likeness (QED) is 0.770. The standard InChI is InChI=1S/C23H33N3O3/c1-16(2)21(27)25-20(17-10-5-3-6-11-17)23(29)26-15-9-14-19(26)22(28)24-18-12-7-4-8-13-18/h4,7-8,12-13,16-17,19-20H,3,5-6,9-11,14-15H2,1-2H3,(H,24,28)(H,25,27). The van der Waals surface area contributed by atoms with Crippen LogP contribution in [0, 0.1) is 11.8 Å². The molecule has 6 heteroatoms. The molecule has 2 atom stereocenters. The molecule has 1 aromatic rings. The number of anilines is 1. The third-order valence-corrected chi connectivity index (χ3v) is 6.09. The lowest BCUT2D eigenvalue weighted by Gasteiger charge is -2.35. The van der Waals surface area contributed by atoms with Crippen LogP contribution in [0.25, 0.3) is 0 Å². The first-order valence-electron chi connectivity index (χ1n) is 10.9.